The van der Waals surface area contributed by atoms with E-state index in [2.05, 4.69) is 27.7 Å². The van der Waals surface area contributed by atoms with Gasteiger partial charge in [-0.25, -0.2) is 8.42 Å². The molecule has 0 atom stereocenters. The van der Waals surface area contributed by atoms with E-state index in [0.29, 0.717) is 0 Å². The molecule has 0 saturated carbocycles. The molecule has 0 aromatic carbocycles. The van der Waals surface area contributed by atoms with Crippen molar-refractivity contribution in [1.82, 2.24) is 0 Å². The van der Waals surface area contributed by atoms with E-state index in [1.165, 1.54) is 30.7 Å². The van der Waals surface area contributed by atoms with Gasteiger partial charge in [0.25, 0.3) is 0 Å². The number of nitrogens with zero attached hydrogens (tertiary/aromatic N) is 1. The number of hydrogen-bond donors (Lipinski definition) is 0. The van der Waals surface area contributed by atoms with Crippen LogP contribution in [0.15, 0.2) is 0 Å². The Kier molecular flexibility index (Phi) is 14.7. The van der Waals surface area contributed by atoms with Gasteiger partial charge in [0.05, 0.1) is 26.2 Å². The maximum atomic E-state index is 13.2. The van der Waals surface area contributed by atoms with Crippen LogP contribution >= 0.6 is 0 Å². The highest BCUT2D eigenvalue weighted by molar-refractivity contribution is 7.86. The van der Waals surface area contributed by atoms with Gasteiger partial charge in [-0.15, -0.1) is 0 Å². The minimum atomic E-state index is -7.01. The molecule has 0 saturated heterocycles. The molecule has 0 aromatic rings. The number of rotatable bonds is 15. The quantitative estimate of drug-likeness (QED) is 0.0975. The molecule has 14 heteroatoms. The Morgan fingerprint density at radius 3 is 1.21 bits per heavy atom. The maximum Gasteiger partial charge on any atom is 0.402 e. The number of unbranched alkanes of at least 4 members (excludes halogenated alkanes) is 5. The molecule has 0 aliphatic carbocycles. The molecular weight excluding hydrogens is 505 g/mol. The first-order valence-electron chi connectivity index (χ1n) is 11.2. The van der Waals surface area contributed by atoms with Gasteiger partial charge >= 0.3 is 23.3 Å². The Labute approximate surface area is 196 Å². The van der Waals surface area contributed by atoms with Crippen molar-refractivity contribution in [2.24, 2.45) is 0 Å². The van der Waals surface area contributed by atoms with Crippen LogP contribution in [0.2, 0.25) is 0 Å². The molecule has 0 aliphatic heterocycles. The third kappa shape index (κ3) is 10.9. The van der Waals surface area contributed by atoms with Crippen LogP contribution in [-0.2, 0) is 10.1 Å². The van der Waals surface area contributed by atoms with E-state index < -0.39 is 52.7 Å². The van der Waals surface area contributed by atoms with Gasteiger partial charge in [-0.2, -0.15) is 39.5 Å². The summed E-state index contributed by atoms with van der Waals surface area (Å²) in [6.07, 6.45) is -7.75. The highest BCUT2D eigenvalue weighted by atomic mass is 32.2. The van der Waals surface area contributed by atoms with Crippen LogP contribution in [0.3, 0.4) is 0 Å². The highest BCUT2D eigenvalue weighted by Crippen LogP contribution is 2.50. The Morgan fingerprint density at radius 2 is 0.941 bits per heavy atom. The van der Waals surface area contributed by atoms with Crippen LogP contribution < -0.4 is 0 Å². The van der Waals surface area contributed by atoms with Crippen molar-refractivity contribution in [2.75, 3.05) is 26.2 Å². The summed E-state index contributed by atoms with van der Waals surface area (Å²) in [6.45, 7) is 14.2. The summed E-state index contributed by atoms with van der Waals surface area (Å²) in [5, 5.41) is -6.47. The van der Waals surface area contributed by atoms with Crippen LogP contribution in [0.4, 0.5) is 39.5 Å². The van der Waals surface area contributed by atoms with Gasteiger partial charge in [-0.05, 0) is 40.5 Å². The SMILES string of the molecule is CC[N+](CC)(CC)CC.O=S(=O)([O-])C(F)(F)C(F)(F)C(F)(F)CCCCCCCCC(F)(F)F. The van der Waals surface area contributed by atoms with Crippen molar-refractivity contribution in [2.45, 2.75) is 102 Å². The molecule has 0 rings (SSSR count). The van der Waals surface area contributed by atoms with E-state index in [4.69, 9.17) is 0 Å². The summed E-state index contributed by atoms with van der Waals surface area (Å²) in [4.78, 5) is 0. The number of alkyl halides is 9. The Morgan fingerprint density at radius 1 is 0.618 bits per heavy atom. The first-order valence-corrected chi connectivity index (χ1v) is 12.6. The molecule has 0 heterocycles. The standard InChI is InChI=1S/C12H17F9O3S.C8H20N/c13-9(14,11(18,19)12(20,21)25(22,23)24)7-5-3-1-2-4-6-8-10(15,16)17;1-5-9(6-2,7-3)8-4/h1-8H2,(H,22,23,24);5-8H2,1-4H3/q;+1/p-1. The second-order valence-corrected chi connectivity index (χ2v) is 9.51. The van der Waals surface area contributed by atoms with E-state index >= 15 is 0 Å². The fourth-order valence-electron chi connectivity index (χ4n) is 3.25. The molecule has 4 nitrogen and oxygen atoms in total. The van der Waals surface area contributed by atoms with Crippen LogP contribution in [0, 0.1) is 0 Å². The second kappa shape index (κ2) is 14.1. The molecule has 0 fully saturated rings. The molecule has 208 valence electrons. The molecule has 0 aliphatic rings. The van der Waals surface area contributed by atoms with Crippen molar-refractivity contribution in [3.63, 3.8) is 0 Å². The summed E-state index contributed by atoms with van der Waals surface area (Å²) >= 11 is 0. The fourth-order valence-corrected chi connectivity index (χ4v) is 3.71. The minimum absolute atomic E-state index is 0.107. The lowest BCUT2D eigenvalue weighted by atomic mass is 10.0. The highest BCUT2D eigenvalue weighted by Gasteiger charge is 2.74. The maximum absolute atomic E-state index is 13.2. The van der Waals surface area contributed by atoms with E-state index in [0.717, 1.165) is 0 Å². The van der Waals surface area contributed by atoms with Crippen molar-refractivity contribution >= 4 is 10.1 Å². The van der Waals surface area contributed by atoms with Crippen LogP contribution in [-0.4, -0.2) is 66.9 Å². The molecule has 0 spiro atoms. The first-order chi connectivity index (χ1) is 15.2. The van der Waals surface area contributed by atoms with E-state index in [1.807, 2.05) is 0 Å². The number of hydrogen-bond acceptors (Lipinski definition) is 3. The predicted octanol–water partition coefficient (Wildman–Crippen LogP) is 6.96. The van der Waals surface area contributed by atoms with E-state index in [-0.39, 0.29) is 32.1 Å². The zero-order chi connectivity index (χ0) is 27.5. The first kappa shape index (κ1) is 35.4. The predicted molar refractivity (Wildman–Crippen MR) is 110 cm³/mol. The van der Waals surface area contributed by atoms with Gasteiger partial charge in [0.1, 0.15) is 0 Å². The zero-order valence-electron chi connectivity index (χ0n) is 20.0. The van der Waals surface area contributed by atoms with Gasteiger partial charge in [-0.3, -0.25) is 0 Å². The average Bonchev–Trinajstić information content (AvgIpc) is 2.70. The average molecular weight is 542 g/mol. The summed E-state index contributed by atoms with van der Waals surface area (Å²) in [7, 11) is -7.01. The lowest BCUT2D eigenvalue weighted by Crippen LogP contribution is -2.57. The molecular formula is C20H36F9NO3S. The molecule has 0 amide bonds. The summed E-state index contributed by atoms with van der Waals surface area (Å²) in [5.41, 5.74) is 0. The van der Waals surface area contributed by atoms with Gasteiger partial charge in [-0.1, -0.05) is 25.7 Å². The summed E-state index contributed by atoms with van der Waals surface area (Å²) in [5.74, 6) is -11.8. The molecule has 0 radical (unpaired) electrons. The van der Waals surface area contributed by atoms with E-state index in [1.54, 1.807) is 0 Å². The van der Waals surface area contributed by atoms with Crippen molar-refractivity contribution in [3.8, 4) is 0 Å². The Hall–Kier alpha value is -0.760. The Balaban J connectivity index is 0. The zero-order valence-corrected chi connectivity index (χ0v) is 20.8. The molecule has 0 N–H and O–H groups in total. The van der Waals surface area contributed by atoms with Crippen molar-refractivity contribution < 1.29 is 57.0 Å². The third-order valence-electron chi connectivity index (χ3n) is 6.02. The normalized spacial score (nSPS) is 14.1. The topological polar surface area (TPSA) is 57.2 Å². The van der Waals surface area contributed by atoms with Crippen LogP contribution in [0.5, 0.6) is 0 Å². The lowest BCUT2D eigenvalue weighted by molar-refractivity contribution is -0.921. The van der Waals surface area contributed by atoms with Gasteiger partial charge in [0.15, 0.2) is 10.1 Å². The number of quaternary nitrogens is 1. The van der Waals surface area contributed by atoms with Crippen molar-refractivity contribution in [3.05, 3.63) is 0 Å². The van der Waals surface area contributed by atoms with Crippen LogP contribution in [0.25, 0.3) is 0 Å². The van der Waals surface area contributed by atoms with Gasteiger partial charge in [0, 0.05) is 12.8 Å². The smallest absolute Gasteiger partial charge is 0.402 e. The molecule has 0 bridgehead atoms. The number of halogens is 9. The van der Waals surface area contributed by atoms with Gasteiger partial charge in [0.2, 0.25) is 0 Å². The summed E-state index contributed by atoms with van der Waals surface area (Å²) < 4.78 is 145. The fraction of sp³-hybridized carbons (Fsp3) is 1.00. The Bertz CT molecular complexity index is 647. The van der Waals surface area contributed by atoms with E-state index in [9.17, 15) is 52.5 Å². The third-order valence-corrected chi connectivity index (χ3v) is 6.91. The molecule has 0 unspecified atom stereocenters. The van der Waals surface area contributed by atoms with Gasteiger partial charge < -0.3 is 9.04 Å². The lowest BCUT2D eigenvalue weighted by Gasteiger charge is -2.34. The molecule has 0 aromatic heterocycles. The van der Waals surface area contributed by atoms with Crippen LogP contribution in [0.1, 0.15) is 79.1 Å². The van der Waals surface area contributed by atoms with Crippen molar-refractivity contribution in [1.29, 1.82) is 0 Å². The second-order valence-electron chi connectivity index (χ2n) is 8.09. The largest absolute Gasteiger partial charge is 0.743 e. The monoisotopic (exact) mass is 541 g/mol. The minimum Gasteiger partial charge on any atom is -0.743 e. The molecule has 34 heavy (non-hydrogen) atoms. The summed E-state index contributed by atoms with van der Waals surface area (Å²) in [6, 6.07) is 0.